The molecule has 0 aromatic heterocycles. The third kappa shape index (κ3) is 4.04. The normalized spacial score (nSPS) is 17.7. The van der Waals surface area contributed by atoms with E-state index in [1.165, 1.54) is 10.6 Å². The first-order valence-corrected chi connectivity index (χ1v) is 8.95. The number of hydrogen-bond acceptors (Lipinski definition) is 3. The molecule has 1 aromatic rings. The molecule has 1 fully saturated rings. The quantitative estimate of drug-likeness (QED) is 0.927. The van der Waals surface area contributed by atoms with Crippen LogP contribution < -0.4 is 5.32 Å². The number of sulfonamides is 1. The zero-order chi connectivity index (χ0) is 15.6. The van der Waals surface area contributed by atoms with E-state index in [1.807, 2.05) is 32.0 Å². The molecule has 0 aliphatic carbocycles. The molecule has 0 saturated carbocycles. The average Bonchev–Trinajstić information content (AvgIpc) is 2.42. The topological polar surface area (TPSA) is 66.5 Å². The van der Waals surface area contributed by atoms with Gasteiger partial charge in [-0.1, -0.05) is 12.1 Å². The Morgan fingerprint density at radius 2 is 1.86 bits per heavy atom. The first-order valence-electron chi connectivity index (χ1n) is 7.10. The maximum atomic E-state index is 12.3. The van der Waals surface area contributed by atoms with Crippen LogP contribution in [-0.4, -0.2) is 38.0 Å². The highest BCUT2D eigenvalue weighted by atomic mass is 32.2. The molecule has 1 aliphatic rings. The molecule has 1 aliphatic heterocycles. The minimum atomic E-state index is -3.14. The van der Waals surface area contributed by atoms with Crippen LogP contribution in [0.3, 0.4) is 0 Å². The molecule has 0 radical (unpaired) electrons. The third-order valence-electron chi connectivity index (χ3n) is 3.94. The molecule has 1 heterocycles. The van der Waals surface area contributed by atoms with Crippen LogP contribution >= 0.6 is 0 Å². The summed E-state index contributed by atoms with van der Waals surface area (Å²) in [6, 6.07) is 5.95. The van der Waals surface area contributed by atoms with Gasteiger partial charge < -0.3 is 5.32 Å². The molecule has 1 amide bonds. The fourth-order valence-corrected chi connectivity index (χ4v) is 3.43. The second-order valence-electron chi connectivity index (χ2n) is 5.74. The predicted molar refractivity (Wildman–Crippen MR) is 83.7 cm³/mol. The van der Waals surface area contributed by atoms with Gasteiger partial charge >= 0.3 is 0 Å². The van der Waals surface area contributed by atoms with Crippen LogP contribution in [0.4, 0.5) is 5.69 Å². The number of aryl methyl sites for hydroxylation is 2. The van der Waals surface area contributed by atoms with Crippen molar-refractivity contribution in [2.75, 3.05) is 24.7 Å². The number of nitrogens with zero attached hydrogens (tertiary/aromatic N) is 1. The Hall–Kier alpha value is -1.40. The molecule has 116 valence electrons. The van der Waals surface area contributed by atoms with Crippen LogP contribution in [-0.2, 0) is 14.8 Å². The molecule has 6 heteroatoms. The number of benzene rings is 1. The lowest BCUT2D eigenvalue weighted by molar-refractivity contribution is -0.120. The zero-order valence-electron chi connectivity index (χ0n) is 12.7. The van der Waals surface area contributed by atoms with Gasteiger partial charge in [-0.05, 0) is 43.9 Å². The first-order chi connectivity index (χ1) is 9.77. The summed E-state index contributed by atoms with van der Waals surface area (Å²) >= 11 is 0. The maximum Gasteiger partial charge on any atom is 0.227 e. The van der Waals surface area contributed by atoms with Crippen molar-refractivity contribution in [2.24, 2.45) is 5.92 Å². The molecule has 0 unspecified atom stereocenters. The molecule has 2 rings (SSSR count). The van der Waals surface area contributed by atoms with E-state index in [4.69, 9.17) is 0 Å². The molecule has 0 bridgehead atoms. The van der Waals surface area contributed by atoms with Crippen LogP contribution in [0.5, 0.6) is 0 Å². The van der Waals surface area contributed by atoms with E-state index in [2.05, 4.69) is 5.32 Å². The van der Waals surface area contributed by atoms with Gasteiger partial charge in [0.25, 0.3) is 0 Å². The lowest BCUT2D eigenvalue weighted by Gasteiger charge is -2.29. The number of anilines is 1. The minimum absolute atomic E-state index is 0.0168. The summed E-state index contributed by atoms with van der Waals surface area (Å²) in [6.45, 7) is 4.79. The molecular weight excluding hydrogens is 288 g/mol. The van der Waals surface area contributed by atoms with Crippen molar-refractivity contribution < 1.29 is 13.2 Å². The fourth-order valence-electron chi connectivity index (χ4n) is 2.55. The van der Waals surface area contributed by atoms with Gasteiger partial charge in [0, 0.05) is 24.7 Å². The highest BCUT2D eigenvalue weighted by Crippen LogP contribution is 2.22. The van der Waals surface area contributed by atoms with Gasteiger partial charge in [0.15, 0.2) is 0 Å². The molecule has 21 heavy (non-hydrogen) atoms. The number of piperidine rings is 1. The van der Waals surface area contributed by atoms with E-state index >= 15 is 0 Å². The van der Waals surface area contributed by atoms with E-state index in [1.54, 1.807) is 0 Å². The number of carbonyl (C=O) groups excluding carboxylic acids is 1. The summed E-state index contributed by atoms with van der Waals surface area (Å²) in [5.41, 5.74) is 2.97. The lowest BCUT2D eigenvalue weighted by Crippen LogP contribution is -2.40. The van der Waals surface area contributed by atoms with Crippen LogP contribution in [0.2, 0.25) is 0 Å². The summed E-state index contributed by atoms with van der Waals surface area (Å²) in [7, 11) is -3.14. The van der Waals surface area contributed by atoms with Gasteiger partial charge in [-0.15, -0.1) is 0 Å². The standard InChI is InChI=1S/C15H22N2O3S/c1-11-4-5-12(2)14(10-11)16-15(18)13-6-8-17(9-7-13)21(3,19)20/h4-5,10,13H,6-9H2,1-3H3,(H,16,18). The van der Waals surface area contributed by atoms with E-state index in [9.17, 15) is 13.2 Å². The first kappa shape index (κ1) is 16.0. The van der Waals surface area contributed by atoms with Gasteiger partial charge in [0.1, 0.15) is 0 Å². The summed E-state index contributed by atoms with van der Waals surface area (Å²) in [5, 5.41) is 2.97. The van der Waals surface area contributed by atoms with Crippen molar-refractivity contribution in [1.29, 1.82) is 0 Å². The number of rotatable bonds is 3. The van der Waals surface area contributed by atoms with E-state index in [0.29, 0.717) is 25.9 Å². The minimum Gasteiger partial charge on any atom is -0.326 e. The molecule has 1 N–H and O–H groups in total. The second-order valence-corrected chi connectivity index (χ2v) is 7.73. The van der Waals surface area contributed by atoms with E-state index in [0.717, 1.165) is 16.8 Å². The third-order valence-corrected chi connectivity index (χ3v) is 5.25. The Kier molecular flexibility index (Phi) is 4.68. The smallest absolute Gasteiger partial charge is 0.227 e. The number of carbonyl (C=O) groups is 1. The molecule has 1 saturated heterocycles. The highest BCUT2D eigenvalue weighted by molar-refractivity contribution is 7.88. The lowest BCUT2D eigenvalue weighted by atomic mass is 9.97. The summed E-state index contributed by atoms with van der Waals surface area (Å²) in [6.07, 6.45) is 2.36. The average molecular weight is 310 g/mol. The summed E-state index contributed by atoms with van der Waals surface area (Å²) < 4.78 is 24.4. The van der Waals surface area contributed by atoms with Gasteiger partial charge in [-0.2, -0.15) is 0 Å². The van der Waals surface area contributed by atoms with Crippen LogP contribution in [0.25, 0.3) is 0 Å². The van der Waals surface area contributed by atoms with Crippen LogP contribution in [0, 0.1) is 19.8 Å². The number of hydrogen-bond donors (Lipinski definition) is 1. The van der Waals surface area contributed by atoms with Crippen LogP contribution in [0.15, 0.2) is 18.2 Å². The number of amides is 1. The van der Waals surface area contributed by atoms with Crippen molar-refractivity contribution in [3.8, 4) is 0 Å². The summed E-state index contributed by atoms with van der Waals surface area (Å²) in [4.78, 5) is 12.3. The predicted octanol–water partition coefficient (Wildman–Crippen LogP) is 1.91. The highest BCUT2D eigenvalue weighted by Gasteiger charge is 2.29. The molecule has 0 spiro atoms. The van der Waals surface area contributed by atoms with Crippen molar-refractivity contribution in [1.82, 2.24) is 4.31 Å². The SMILES string of the molecule is Cc1ccc(C)c(NC(=O)C2CCN(S(C)(=O)=O)CC2)c1. The van der Waals surface area contributed by atoms with Gasteiger partial charge in [-0.3, -0.25) is 4.79 Å². The number of nitrogens with one attached hydrogen (secondary N) is 1. The van der Waals surface area contributed by atoms with E-state index < -0.39 is 10.0 Å². The Morgan fingerprint density at radius 3 is 2.43 bits per heavy atom. The molecule has 5 nitrogen and oxygen atoms in total. The Balaban J connectivity index is 1.98. The monoisotopic (exact) mass is 310 g/mol. The molecule has 0 atom stereocenters. The van der Waals surface area contributed by atoms with Gasteiger partial charge in [0.2, 0.25) is 15.9 Å². The molecule has 1 aromatic carbocycles. The Morgan fingerprint density at radius 1 is 1.24 bits per heavy atom. The van der Waals surface area contributed by atoms with Crippen molar-refractivity contribution in [3.63, 3.8) is 0 Å². The van der Waals surface area contributed by atoms with Gasteiger partial charge in [-0.25, -0.2) is 12.7 Å². The van der Waals surface area contributed by atoms with Crippen molar-refractivity contribution in [2.45, 2.75) is 26.7 Å². The van der Waals surface area contributed by atoms with Crippen molar-refractivity contribution in [3.05, 3.63) is 29.3 Å². The molecular formula is C15H22N2O3S. The largest absolute Gasteiger partial charge is 0.326 e. The fraction of sp³-hybridized carbons (Fsp3) is 0.533. The Labute approximate surface area is 126 Å². The van der Waals surface area contributed by atoms with Crippen LogP contribution in [0.1, 0.15) is 24.0 Å². The van der Waals surface area contributed by atoms with Gasteiger partial charge in [0.05, 0.1) is 6.26 Å². The van der Waals surface area contributed by atoms with E-state index in [-0.39, 0.29) is 11.8 Å². The second kappa shape index (κ2) is 6.15. The maximum absolute atomic E-state index is 12.3. The van der Waals surface area contributed by atoms with Crippen molar-refractivity contribution >= 4 is 21.6 Å². The summed E-state index contributed by atoms with van der Waals surface area (Å²) in [5.74, 6) is -0.139. The Bertz CT molecular complexity index is 632. The zero-order valence-corrected chi connectivity index (χ0v) is 13.5.